The van der Waals surface area contributed by atoms with E-state index in [4.69, 9.17) is 11.6 Å². The van der Waals surface area contributed by atoms with Crippen molar-refractivity contribution in [2.24, 2.45) is 0 Å². The molecule has 0 amide bonds. The van der Waals surface area contributed by atoms with Crippen molar-refractivity contribution in [1.82, 2.24) is 9.78 Å². The maximum absolute atomic E-state index is 13.2. The van der Waals surface area contributed by atoms with Crippen LogP contribution in [0.1, 0.15) is 32.7 Å². The molecule has 0 bridgehead atoms. The number of aryl methyl sites for hydroxylation is 1. The summed E-state index contributed by atoms with van der Waals surface area (Å²) < 4.78 is 1.58. The summed E-state index contributed by atoms with van der Waals surface area (Å²) in [6, 6.07) is 26.3. The molecular weight excluding hydrogens is 408 g/mol. The number of carbonyl (C=O) groups is 1. The van der Waals surface area contributed by atoms with Gasteiger partial charge in [0.15, 0.2) is 5.69 Å². The van der Waals surface area contributed by atoms with Crippen molar-refractivity contribution in [3.8, 4) is 11.8 Å². The molecule has 31 heavy (non-hydrogen) atoms. The molecule has 0 aliphatic carbocycles. The first-order chi connectivity index (χ1) is 15.1. The lowest BCUT2D eigenvalue weighted by Crippen LogP contribution is -2.07. The zero-order valence-corrected chi connectivity index (χ0v) is 17.6. The fraction of sp³-hybridized carbons (Fsp3) is 0.0800. The third-order valence-corrected chi connectivity index (χ3v) is 5.15. The number of halogens is 1. The van der Waals surface area contributed by atoms with Gasteiger partial charge in [-0.25, -0.2) is 4.68 Å². The van der Waals surface area contributed by atoms with E-state index in [0.29, 0.717) is 28.6 Å². The molecule has 0 saturated heterocycles. The van der Waals surface area contributed by atoms with Crippen LogP contribution in [0.15, 0.2) is 78.9 Å². The van der Waals surface area contributed by atoms with Gasteiger partial charge in [0.2, 0.25) is 5.78 Å². The number of benzene rings is 3. The summed E-state index contributed by atoms with van der Waals surface area (Å²) in [6.07, 6.45) is 0. The summed E-state index contributed by atoms with van der Waals surface area (Å²) in [5.74, 6) is 0.163. The Bertz CT molecular complexity index is 1250. The van der Waals surface area contributed by atoms with Crippen LogP contribution in [0.2, 0.25) is 5.02 Å². The first-order valence-electron chi connectivity index (χ1n) is 9.75. The molecule has 0 unspecified atom stereocenters. The second-order valence-corrected chi connectivity index (χ2v) is 7.54. The van der Waals surface area contributed by atoms with E-state index < -0.39 is 0 Å². The van der Waals surface area contributed by atoms with Crippen LogP contribution >= 0.6 is 11.6 Å². The van der Waals surface area contributed by atoms with E-state index in [1.54, 1.807) is 41.1 Å². The Kier molecular flexibility index (Phi) is 5.83. The first kappa shape index (κ1) is 20.4. The van der Waals surface area contributed by atoms with Gasteiger partial charge in [0.1, 0.15) is 17.5 Å². The lowest BCUT2D eigenvalue weighted by molar-refractivity contribution is 0.103. The summed E-state index contributed by atoms with van der Waals surface area (Å²) in [5, 5.41) is 18.3. The molecule has 0 atom stereocenters. The molecule has 3 aromatic carbocycles. The first-order valence-corrected chi connectivity index (χ1v) is 10.1. The van der Waals surface area contributed by atoms with Gasteiger partial charge in [-0.2, -0.15) is 10.4 Å². The van der Waals surface area contributed by atoms with E-state index >= 15 is 0 Å². The van der Waals surface area contributed by atoms with Crippen LogP contribution in [-0.4, -0.2) is 15.6 Å². The molecular formula is C25H19ClN4O. The van der Waals surface area contributed by atoms with Crippen LogP contribution in [0.3, 0.4) is 0 Å². The lowest BCUT2D eigenvalue weighted by Gasteiger charge is -2.10. The molecule has 1 aromatic heterocycles. The predicted octanol–water partition coefficient (Wildman–Crippen LogP) is 5.55. The number of ketones is 1. The summed E-state index contributed by atoms with van der Waals surface area (Å²) in [6.45, 7) is 2.43. The van der Waals surface area contributed by atoms with Crippen LogP contribution in [-0.2, 0) is 6.54 Å². The SMILES string of the molecule is Cc1ccc(C(=O)c2nn(-c3ccc(Cl)cc3)c(NCc3ccccc3)c2C#N)cc1. The number of nitriles is 1. The third kappa shape index (κ3) is 4.35. The summed E-state index contributed by atoms with van der Waals surface area (Å²) in [4.78, 5) is 13.2. The molecule has 4 aromatic rings. The number of anilines is 1. The van der Waals surface area contributed by atoms with Crippen molar-refractivity contribution in [1.29, 1.82) is 5.26 Å². The standard InChI is InChI=1S/C25H19ClN4O/c1-17-7-9-19(10-8-17)24(31)23-22(15-27)25(28-16-18-5-3-2-4-6-18)30(29-23)21-13-11-20(26)12-14-21/h2-14,28H,16H2,1H3. The van der Waals surface area contributed by atoms with Crippen LogP contribution in [0.25, 0.3) is 5.69 Å². The van der Waals surface area contributed by atoms with Gasteiger partial charge in [-0.3, -0.25) is 4.79 Å². The van der Waals surface area contributed by atoms with Gasteiger partial charge in [0.05, 0.1) is 5.69 Å². The van der Waals surface area contributed by atoms with Crippen LogP contribution < -0.4 is 5.32 Å². The summed E-state index contributed by atoms with van der Waals surface area (Å²) in [7, 11) is 0. The molecule has 152 valence electrons. The predicted molar refractivity (Wildman–Crippen MR) is 122 cm³/mol. The second-order valence-electron chi connectivity index (χ2n) is 7.11. The van der Waals surface area contributed by atoms with E-state index in [1.807, 2.05) is 49.4 Å². The van der Waals surface area contributed by atoms with Crippen LogP contribution in [0.4, 0.5) is 5.82 Å². The molecule has 0 spiro atoms. The van der Waals surface area contributed by atoms with E-state index in [9.17, 15) is 10.1 Å². The highest BCUT2D eigenvalue weighted by Gasteiger charge is 2.25. The van der Waals surface area contributed by atoms with E-state index in [0.717, 1.165) is 11.1 Å². The zero-order chi connectivity index (χ0) is 21.8. The van der Waals surface area contributed by atoms with Gasteiger partial charge < -0.3 is 5.32 Å². The van der Waals surface area contributed by atoms with Crippen molar-refractivity contribution in [2.75, 3.05) is 5.32 Å². The number of aromatic nitrogens is 2. The molecule has 0 radical (unpaired) electrons. The Balaban J connectivity index is 1.80. The third-order valence-electron chi connectivity index (χ3n) is 4.90. The van der Waals surface area contributed by atoms with Gasteiger partial charge in [-0.15, -0.1) is 0 Å². The molecule has 1 heterocycles. The van der Waals surface area contributed by atoms with Gasteiger partial charge >= 0.3 is 0 Å². The van der Waals surface area contributed by atoms with Gasteiger partial charge in [-0.05, 0) is 36.8 Å². The van der Waals surface area contributed by atoms with Gasteiger partial charge in [0.25, 0.3) is 0 Å². The Labute approximate surface area is 185 Å². The summed E-state index contributed by atoms with van der Waals surface area (Å²) in [5.41, 5.74) is 3.58. The number of rotatable bonds is 6. The highest BCUT2D eigenvalue weighted by Crippen LogP contribution is 2.27. The quantitative estimate of drug-likeness (QED) is 0.410. The Morgan fingerprint density at radius 1 is 1.03 bits per heavy atom. The van der Waals surface area contributed by atoms with E-state index in [1.165, 1.54) is 0 Å². The van der Waals surface area contributed by atoms with Crippen LogP contribution in [0.5, 0.6) is 0 Å². The van der Waals surface area contributed by atoms with Crippen molar-refractivity contribution < 1.29 is 4.79 Å². The number of hydrogen-bond acceptors (Lipinski definition) is 4. The molecule has 5 nitrogen and oxygen atoms in total. The molecule has 0 aliphatic heterocycles. The van der Waals surface area contributed by atoms with Crippen LogP contribution in [0, 0.1) is 18.3 Å². The zero-order valence-electron chi connectivity index (χ0n) is 16.8. The van der Waals surface area contributed by atoms with Crippen molar-refractivity contribution in [3.05, 3.63) is 112 Å². The van der Waals surface area contributed by atoms with Crippen molar-refractivity contribution in [2.45, 2.75) is 13.5 Å². The Morgan fingerprint density at radius 2 is 1.71 bits per heavy atom. The summed E-state index contributed by atoms with van der Waals surface area (Å²) >= 11 is 6.04. The maximum Gasteiger partial charge on any atom is 0.214 e. The second kappa shape index (κ2) is 8.86. The normalized spacial score (nSPS) is 10.5. The molecule has 4 rings (SSSR count). The average molecular weight is 427 g/mol. The minimum atomic E-state index is -0.299. The molecule has 6 heteroatoms. The average Bonchev–Trinajstić information content (AvgIpc) is 3.17. The van der Waals surface area contributed by atoms with E-state index in [-0.39, 0.29) is 17.0 Å². The monoisotopic (exact) mass is 426 g/mol. The minimum Gasteiger partial charge on any atom is -0.365 e. The number of nitrogens with zero attached hydrogens (tertiary/aromatic N) is 3. The van der Waals surface area contributed by atoms with E-state index in [2.05, 4.69) is 16.5 Å². The van der Waals surface area contributed by atoms with Gasteiger partial charge in [0, 0.05) is 17.1 Å². The minimum absolute atomic E-state index is 0.108. The molecule has 0 fully saturated rings. The Hall–Kier alpha value is -3.88. The van der Waals surface area contributed by atoms with Crippen molar-refractivity contribution in [3.63, 3.8) is 0 Å². The fourth-order valence-electron chi connectivity index (χ4n) is 3.24. The number of carbonyl (C=O) groups excluding carboxylic acids is 1. The Morgan fingerprint density at radius 3 is 2.35 bits per heavy atom. The largest absolute Gasteiger partial charge is 0.365 e. The molecule has 0 aliphatic rings. The molecule has 0 saturated carbocycles. The maximum atomic E-state index is 13.2. The number of nitrogens with one attached hydrogen (secondary N) is 1. The lowest BCUT2D eigenvalue weighted by atomic mass is 10.0. The molecule has 1 N–H and O–H groups in total. The highest BCUT2D eigenvalue weighted by molar-refractivity contribution is 6.30. The highest BCUT2D eigenvalue weighted by atomic mass is 35.5. The fourth-order valence-corrected chi connectivity index (χ4v) is 3.36. The topological polar surface area (TPSA) is 70.7 Å². The van der Waals surface area contributed by atoms with Gasteiger partial charge in [-0.1, -0.05) is 71.8 Å². The smallest absolute Gasteiger partial charge is 0.214 e. The number of hydrogen-bond donors (Lipinski definition) is 1. The van der Waals surface area contributed by atoms with Crippen molar-refractivity contribution >= 4 is 23.2 Å².